The van der Waals surface area contributed by atoms with E-state index >= 15 is 0 Å². The minimum atomic E-state index is -0.684. The summed E-state index contributed by atoms with van der Waals surface area (Å²) in [4.78, 5) is 25.7. The van der Waals surface area contributed by atoms with E-state index in [2.05, 4.69) is 0 Å². The summed E-state index contributed by atoms with van der Waals surface area (Å²) in [6, 6.07) is 7.71. The lowest BCUT2D eigenvalue weighted by molar-refractivity contribution is -0.140. The van der Waals surface area contributed by atoms with E-state index in [4.69, 9.17) is 23.5 Å². The highest BCUT2D eigenvalue weighted by Crippen LogP contribution is 2.43. The lowest BCUT2D eigenvalue weighted by Gasteiger charge is -2.32. The molecule has 0 saturated heterocycles. The zero-order valence-corrected chi connectivity index (χ0v) is 19.6. The van der Waals surface area contributed by atoms with E-state index in [-0.39, 0.29) is 30.8 Å². The number of hydrogen-bond donors (Lipinski definition) is 0. The molecule has 0 bridgehead atoms. The van der Waals surface area contributed by atoms with Crippen molar-refractivity contribution >= 4 is 19.1 Å². The summed E-state index contributed by atoms with van der Waals surface area (Å²) in [6.45, 7) is 7.97. The molecule has 1 aromatic carbocycles. The average molecular weight is 442 g/mol. The second kappa shape index (κ2) is 10.4. The molecule has 7 nitrogen and oxygen atoms in total. The number of carbonyl (C=O) groups excluding carboxylic acids is 2. The number of allylic oxidation sites excluding steroid dienone is 1. The fraction of sp³-hybridized carbons (Fsp3) is 0.500. The molecule has 1 unspecified atom stereocenters. The van der Waals surface area contributed by atoms with Gasteiger partial charge in [-0.15, -0.1) is 0 Å². The smallest absolute Gasteiger partial charge is 0.489 e. The fourth-order valence-corrected chi connectivity index (χ4v) is 4.22. The minimum Gasteiger partial charge on any atom is -0.489 e. The predicted octanol–water partition coefficient (Wildman–Crippen LogP) is 3.46. The van der Waals surface area contributed by atoms with Gasteiger partial charge in [-0.3, -0.25) is 0 Å². The number of fused-ring (bicyclic) bond motifs is 2. The van der Waals surface area contributed by atoms with Crippen molar-refractivity contribution in [3.63, 3.8) is 0 Å². The zero-order valence-electron chi connectivity index (χ0n) is 19.6. The van der Waals surface area contributed by atoms with Crippen molar-refractivity contribution in [1.29, 1.82) is 0 Å². The van der Waals surface area contributed by atoms with Gasteiger partial charge in [0, 0.05) is 18.1 Å². The van der Waals surface area contributed by atoms with Crippen molar-refractivity contribution < 1.29 is 33.1 Å². The summed E-state index contributed by atoms with van der Waals surface area (Å²) < 4.78 is 28.5. The molecule has 172 valence electrons. The van der Waals surface area contributed by atoms with Gasteiger partial charge < -0.3 is 23.5 Å². The number of rotatable bonds is 7. The Labute approximate surface area is 189 Å². The predicted molar refractivity (Wildman–Crippen MR) is 120 cm³/mol. The van der Waals surface area contributed by atoms with Crippen LogP contribution in [0.15, 0.2) is 46.5 Å². The third-order valence-electron chi connectivity index (χ3n) is 5.57. The summed E-state index contributed by atoms with van der Waals surface area (Å²) in [5, 5.41) is 0. The van der Waals surface area contributed by atoms with Gasteiger partial charge in [0.05, 0.1) is 25.4 Å². The summed E-state index contributed by atoms with van der Waals surface area (Å²) in [7, 11) is 1.94. The molecule has 0 N–H and O–H groups in total. The van der Waals surface area contributed by atoms with E-state index in [1.807, 2.05) is 52.0 Å². The van der Waals surface area contributed by atoms with E-state index in [9.17, 15) is 9.59 Å². The molecule has 0 fully saturated rings. The van der Waals surface area contributed by atoms with Crippen LogP contribution in [0.4, 0.5) is 0 Å². The van der Waals surface area contributed by atoms with Crippen LogP contribution < -0.4 is 4.74 Å². The van der Waals surface area contributed by atoms with Gasteiger partial charge in [-0.1, -0.05) is 18.2 Å². The number of benzene rings is 1. The molecule has 1 aliphatic carbocycles. The highest BCUT2D eigenvalue weighted by atomic mass is 16.6. The summed E-state index contributed by atoms with van der Waals surface area (Å²) in [5.41, 5.74) is 3.20. The van der Waals surface area contributed by atoms with Gasteiger partial charge in [0.2, 0.25) is 0 Å². The van der Waals surface area contributed by atoms with Crippen molar-refractivity contribution in [1.82, 2.24) is 0 Å². The monoisotopic (exact) mass is 442 g/mol. The van der Waals surface area contributed by atoms with Crippen LogP contribution >= 0.6 is 0 Å². The lowest BCUT2D eigenvalue weighted by Crippen LogP contribution is -2.38. The molecular formula is C24H31BO7. The van der Waals surface area contributed by atoms with E-state index in [0.717, 1.165) is 22.4 Å². The van der Waals surface area contributed by atoms with Crippen LogP contribution in [-0.4, -0.2) is 52.1 Å². The van der Waals surface area contributed by atoms with Gasteiger partial charge in [0.1, 0.15) is 12.4 Å². The maximum absolute atomic E-state index is 12.9. The molecule has 0 radical (unpaired) electrons. The molecule has 0 aromatic heterocycles. The molecule has 1 aliphatic heterocycles. The number of carbonyl (C=O) groups is 2. The number of ether oxygens (including phenoxy) is 3. The Morgan fingerprint density at radius 1 is 1.00 bits per heavy atom. The molecular weight excluding hydrogens is 411 g/mol. The Bertz CT molecular complexity index is 922. The third-order valence-corrected chi connectivity index (χ3v) is 5.57. The lowest BCUT2D eigenvalue weighted by atomic mass is 9.63. The van der Waals surface area contributed by atoms with Crippen molar-refractivity contribution in [2.24, 2.45) is 5.92 Å². The number of hydrogen-bond acceptors (Lipinski definition) is 7. The maximum Gasteiger partial charge on any atom is 0.490 e. The molecule has 0 spiro atoms. The first-order valence-corrected chi connectivity index (χ1v) is 10.9. The normalized spacial score (nSPS) is 18.1. The summed E-state index contributed by atoms with van der Waals surface area (Å²) in [6.07, 6.45) is 0.423. The van der Waals surface area contributed by atoms with Crippen molar-refractivity contribution in [3.05, 3.63) is 52.0 Å². The van der Waals surface area contributed by atoms with Crippen LogP contribution in [0.25, 0.3) is 0 Å². The van der Waals surface area contributed by atoms with Gasteiger partial charge in [-0.25, -0.2) is 9.59 Å². The molecule has 1 aromatic rings. The molecule has 3 rings (SSSR count). The van der Waals surface area contributed by atoms with Gasteiger partial charge in [0.15, 0.2) is 0 Å². The van der Waals surface area contributed by atoms with E-state index in [0.29, 0.717) is 12.0 Å². The standard InChI is InChI=1S/C24H31BO7/c1-14(2)31-25(32-15(3)4)20-12-18(23(26)28-5)22(24(27)29-6)17-11-16-9-7-8-10-21(16)30-13-19(17)20/h7-10,14-15,17H,11-13H2,1-6H3. The Hall–Kier alpha value is -2.58. The van der Waals surface area contributed by atoms with Crippen LogP contribution in [0.5, 0.6) is 5.75 Å². The highest BCUT2D eigenvalue weighted by molar-refractivity contribution is 6.54. The molecule has 0 amide bonds. The number of para-hydroxylation sites is 1. The van der Waals surface area contributed by atoms with Crippen LogP contribution in [-0.2, 0) is 34.8 Å². The highest BCUT2D eigenvalue weighted by Gasteiger charge is 2.43. The molecule has 1 heterocycles. The Morgan fingerprint density at radius 3 is 2.22 bits per heavy atom. The van der Waals surface area contributed by atoms with Crippen molar-refractivity contribution in [2.75, 3.05) is 20.8 Å². The fourth-order valence-electron chi connectivity index (χ4n) is 4.22. The third kappa shape index (κ3) is 5.08. The minimum absolute atomic E-state index is 0.109. The molecule has 32 heavy (non-hydrogen) atoms. The SMILES string of the molecule is COC(=O)C1=C(C(=O)OC)C2Cc3ccccc3OCC2=C(B(OC(C)C)OC(C)C)C1. The van der Waals surface area contributed by atoms with Gasteiger partial charge in [-0.2, -0.15) is 0 Å². The number of esters is 2. The maximum atomic E-state index is 12.9. The zero-order chi connectivity index (χ0) is 23.4. The first-order chi connectivity index (χ1) is 15.3. The van der Waals surface area contributed by atoms with Gasteiger partial charge >= 0.3 is 19.1 Å². The van der Waals surface area contributed by atoms with E-state index in [1.165, 1.54) is 14.2 Å². The molecule has 8 heteroatoms. The van der Waals surface area contributed by atoms with Crippen LogP contribution in [0.2, 0.25) is 0 Å². The molecule has 2 aliphatic rings. The van der Waals surface area contributed by atoms with Crippen molar-refractivity contribution in [2.45, 2.75) is 52.7 Å². The van der Waals surface area contributed by atoms with Gasteiger partial charge in [-0.05, 0) is 63.2 Å². The first-order valence-electron chi connectivity index (χ1n) is 10.9. The Kier molecular flexibility index (Phi) is 7.80. The molecule has 1 atom stereocenters. The first kappa shape index (κ1) is 24.1. The number of methoxy groups -OCH3 is 2. The van der Waals surface area contributed by atoms with Crippen molar-refractivity contribution in [3.8, 4) is 5.75 Å². The van der Waals surface area contributed by atoms with Crippen LogP contribution in [0.3, 0.4) is 0 Å². The quantitative estimate of drug-likeness (QED) is 0.473. The van der Waals surface area contributed by atoms with Gasteiger partial charge in [0.25, 0.3) is 0 Å². The van der Waals surface area contributed by atoms with Crippen LogP contribution in [0, 0.1) is 5.92 Å². The Balaban J connectivity index is 2.20. The Morgan fingerprint density at radius 2 is 1.62 bits per heavy atom. The largest absolute Gasteiger partial charge is 0.490 e. The summed E-state index contributed by atoms with van der Waals surface area (Å²) >= 11 is 0. The molecule has 0 saturated carbocycles. The van der Waals surface area contributed by atoms with Crippen LogP contribution in [0.1, 0.15) is 39.7 Å². The summed E-state index contributed by atoms with van der Waals surface area (Å²) in [5.74, 6) is -0.771. The average Bonchev–Trinajstić information content (AvgIpc) is 2.95. The second-order valence-electron chi connectivity index (χ2n) is 8.46. The van der Waals surface area contributed by atoms with E-state index < -0.39 is 25.0 Å². The topological polar surface area (TPSA) is 80.3 Å². The second-order valence-corrected chi connectivity index (χ2v) is 8.46. The van der Waals surface area contributed by atoms with E-state index in [1.54, 1.807) is 0 Å².